The average molecular weight is 223 g/mol. The Hall–Kier alpha value is -2.32. The van der Waals surface area contributed by atoms with Crippen molar-refractivity contribution in [2.75, 3.05) is 0 Å². The number of hydrogen-bond acceptors (Lipinski definition) is 6. The molecule has 2 aromatic rings. The number of nitrogens with one attached hydrogen (secondary N) is 1. The van der Waals surface area contributed by atoms with Gasteiger partial charge in [0, 0.05) is 0 Å². The minimum atomic E-state index is -0.952. The Kier molecular flexibility index (Phi) is 2.58. The quantitative estimate of drug-likeness (QED) is 0.715. The van der Waals surface area contributed by atoms with Crippen LogP contribution in [0.2, 0.25) is 0 Å². The lowest BCUT2D eigenvalue weighted by Crippen LogP contribution is -2.18. The number of carboxylic acid groups (broad SMARTS) is 1. The van der Waals surface area contributed by atoms with Crippen molar-refractivity contribution in [1.29, 1.82) is 0 Å². The Bertz CT molecular complexity index is 477. The van der Waals surface area contributed by atoms with Crippen molar-refractivity contribution in [1.82, 2.24) is 35.4 Å². The van der Waals surface area contributed by atoms with Crippen molar-refractivity contribution >= 4 is 5.97 Å². The van der Waals surface area contributed by atoms with Crippen LogP contribution in [0.3, 0.4) is 0 Å². The largest absolute Gasteiger partial charge is 0.480 e. The van der Waals surface area contributed by atoms with Crippen LogP contribution in [-0.2, 0) is 4.79 Å². The molecule has 0 amide bonds. The van der Waals surface area contributed by atoms with Gasteiger partial charge in [0.25, 0.3) is 0 Å². The molecule has 2 heterocycles. The fraction of sp³-hybridized carbons (Fsp3) is 0.429. The van der Waals surface area contributed by atoms with Crippen LogP contribution < -0.4 is 0 Å². The highest BCUT2D eigenvalue weighted by atomic mass is 16.4. The van der Waals surface area contributed by atoms with Gasteiger partial charge in [-0.3, -0.25) is 0 Å². The summed E-state index contributed by atoms with van der Waals surface area (Å²) < 4.78 is 1.27. The summed E-state index contributed by atoms with van der Waals surface area (Å²) in [5.41, 5.74) is 0. The summed E-state index contributed by atoms with van der Waals surface area (Å²) in [6, 6.07) is -0.729. The summed E-state index contributed by atoms with van der Waals surface area (Å²) in [4.78, 5) is 14.8. The van der Waals surface area contributed by atoms with E-state index >= 15 is 0 Å². The lowest BCUT2D eigenvalue weighted by molar-refractivity contribution is -0.141. The second-order valence-electron chi connectivity index (χ2n) is 3.05. The molecule has 0 saturated carbocycles. The zero-order chi connectivity index (χ0) is 11.5. The number of carbonyl (C=O) groups is 1. The predicted molar refractivity (Wildman–Crippen MR) is 50.2 cm³/mol. The highest BCUT2D eigenvalue weighted by Gasteiger charge is 2.20. The number of H-pyrrole nitrogens is 1. The van der Waals surface area contributed by atoms with Gasteiger partial charge in [-0.05, 0) is 11.6 Å². The summed E-state index contributed by atoms with van der Waals surface area (Å²) in [5.74, 6) is -0.473. The Balaban J connectivity index is 2.29. The van der Waals surface area contributed by atoms with Crippen molar-refractivity contribution in [3.63, 3.8) is 0 Å². The van der Waals surface area contributed by atoms with E-state index in [0.29, 0.717) is 6.42 Å². The SMILES string of the molecule is CC[C@@H](C(=O)O)n1cnc(-c2nn[nH]n2)n1. The molecule has 0 saturated heterocycles. The van der Waals surface area contributed by atoms with Crippen LogP contribution >= 0.6 is 0 Å². The highest BCUT2D eigenvalue weighted by Crippen LogP contribution is 2.12. The Morgan fingerprint density at radius 2 is 2.44 bits per heavy atom. The van der Waals surface area contributed by atoms with Crippen LogP contribution in [0.4, 0.5) is 0 Å². The van der Waals surface area contributed by atoms with Crippen molar-refractivity contribution in [3.05, 3.63) is 6.33 Å². The van der Waals surface area contributed by atoms with E-state index < -0.39 is 12.0 Å². The molecular formula is C7H9N7O2. The van der Waals surface area contributed by atoms with Gasteiger partial charge in [-0.1, -0.05) is 6.92 Å². The number of tetrazole rings is 1. The van der Waals surface area contributed by atoms with Crippen molar-refractivity contribution in [3.8, 4) is 11.6 Å². The normalized spacial score (nSPS) is 12.6. The molecule has 9 nitrogen and oxygen atoms in total. The first kappa shape index (κ1) is 10.2. The van der Waals surface area contributed by atoms with Gasteiger partial charge in [-0.2, -0.15) is 5.21 Å². The van der Waals surface area contributed by atoms with E-state index in [-0.39, 0.29) is 11.6 Å². The van der Waals surface area contributed by atoms with Gasteiger partial charge in [-0.15, -0.1) is 15.3 Å². The number of carboxylic acids is 1. The zero-order valence-electron chi connectivity index (χ0n) is 8.40. The van der Waals surface area contributed by atoms with E-state index in [1.807, 2.05) is 0 Å². The first-order valence-corrected chi connectivity index (χ1v) is 4.60. The fourth-order valence-corrected chi connectivity index (χ4v) is 1.26. The topological polar surface area (TPSA) is 122 Å². The van der Waals surface area contributed by atoms with E-state index in [0.717, 1.165) is 0 Å². The molecule has 0 fully saturated rings. The van der Waals surface area contributed by atoms with E-state index in [9.17, 15) is 4.79 Å². The molecule has 0 spiro atoms. The zero-order valence-corrected chi connectivity index (χ0v) is 8.40. The summed E-state index contributed by atoms with van der Waals surface area (Å²) in [7, 11) is 0. The highest BCUT2D eigenvalue weighted by molar-refractivity contribution is 5.71. The van der Waals surface area contributed by atoms with Crippen LogP contribution in [0.15, 0.2) is 6.33 Å². The Labute approximate surface area is 89.5 Å². The first-order valence-electron chi connectivity index (χ1n) is 4.60. The molecule has 9 heteroatoms. The number of nitrogens with zero attached hydrogens (tertiary/aromatic N) is 6. The summed E-state index contributed by atoms with van der Waals surface area (Å²) in [5, 5.41) is 25.9. The average Bonchev–Trinajstić information content (AvgIpc) is 2.86. The molecule has 1 atom stereocenters. The van der Waals surface area contributed by atoms with Crippen molar-refractivity contribution in [2.45, 2.75) is 19.4 Å². The molecule has 0 aliphatic carbocycles. The van der Waals surface area contributed by atoms with Crippen LogP contribution in [0, 0.1) is 0 Å². The Morgan fingerprint density at radius 1 is 1.62 bits per heavy atom. The molecular weight excluding hydrogens is 214 g/mol. The monoisotopic (exact) mass is 223 g/mol. The van der Waals surface area contributed by atoms with Crippen molar-refractivity contribution in [2.24, 2.45) is 0 Å². The second-order valence-corrected chi connectivity index (χ2v) is 3.05. The standard InChI is InChI=1S/C7H9N7O2/c1-2-4(7(15)16)14-3-8-5(11-14)6-9-12-13-10-6/h3-4H,2H2,1H3,(H,15,16)(H,9,10,12,13)/t4-/m0/s1. The molecule has 0 bridgehead atoms. The summed E-state index contributed by atoms with van der Waals surface area (Å²) >= 11 is 0. The van der Waals surface area contributed by atoms with Gasteiger partial charge in [0.05, 0.1) is 0 Å². The molecule has 0 radical (unpaired) electrons. The van der Waals surface area contributed by atoms with Gasteiger partial charge in [0.2, 0.25) is 11.6 Å². The molecule has 0 aliphatic heterocycles. The van der Waals surface area contributed by atoms with Crippen LogP contribution in [0.5, 0.6) is 0 Å². The van der Waals surface area contributed by atoms with Gasteiger partial charge >= 0.3 is 5.97 Å². The van der Waals surface area contributed by atoms with E-state index in [4.69, 9.17) is 5.11 Å². The molecule has 84 valence electrons. The lowest BCUT2D eigenvalue weighted by Gasteiger charge is -2.07. The lowest BCUT2D eigenvalue weighted by atomic mass is 10.2. The molecule has 2 aromatic heterocycles. The maximum absolute atomic E-state index is 10.9. The number of hydrogen-bond donors (Lipinski definition) is 2. The second kappa shape index (κ2) is 4.04. The molecule has 2 rings (SSSR count). The van der Waals surface area contributed by atoms with Gasteiger partial charge in [0.1, 0.15) is 6.33 Å². The number of rotatable bonds is 4. The van der Waals surface area contributed by atoms with Gasteiger partial charge in [-0.25, -0.2) is 14.5 Å². The maximum Gasteiger partial charge on any atom is 0.328 e. The van der Waals surface area contributed by atoms with Crippen LogP contribution in [0.1, 0.15) is 19.4 Å². The molecule has 0 aromatic carbocycles. The van der Waals surface area contributed by atoms with E-state index in [1.54, 1.807) is 6.92 Å². The fourth-order valence-electron chi connectivity index (χ4n) is 1.26. The summed E-state index contributed by atoms with van der Waals surface area (Å²) in [6.45, 7) is 1.76. The number of aliphatic carboxylic acids is 1. The third-order valence-electron chi connectivity index (χ3n) is 2.04. The first-order chi connectivity index (χ1) is 7.72. The summed E-state index contributed by atoms with van der Waals surface area (Å²) in [6.07, 6.45) is 1.76. The maximum atomic E-state index is 10.9. The van der Waals surface area contributed by atoms with Gasteiger partial charge in [0.15, 0.2) is 6.04 Å². The Morgan fingerprint density at radius 3 is 3.00 bits per heavy atom. The third kappa shape index (κ3) is 1.74. The number of aromatic nitrogens is 7. The van der Waals surface area contributed by atoms with Crippen molar-refractivity contribution < 1.29 is 9.90 Å². The van der Waals surface area contributed by atoms with E-state index in [1.165, 1.54) is 11.0 Å². The minimum Gasteiger partial charge on any atom is -0.480 e. The minimum absolute atomic E-state index is 0.235. The molecule has 2 N–H and O–H groups in total. The van der Waals surface area contributed by atoms with Crippen LogP contribution in [0.25, 0.3) is 11.6 Å². The molecule has 0 unspecified atom stereocenters. The molecule has 0 aliphatic rings. The van der Waals surface area contributed by atoms with Gasteiger partial charge < -0.3 is 5.11 Å². The molecule has 16 heavy (non-hydrogen) atoms. The van der Waals surface area contributed by atoms with Crippen LogP contribution in [-0.4, -0.2) is 46.5 Å². The third-order valence-corrected chi connectivity index (χ3v) is 2.04. The smallest absolute Gasteiger partial charge is 0.328 e. The van der Waals surface area contributed by atoms with E-state index in [2.05, 4.69) is 30.7 Å². The predicted octanol–water partition coefficient (Wildman–Crippen LogP) is -0.506. The number of aromatic amines is 1.